The van der Waals surface area contributed by atoms with Crippen LogP contribution in [0.3, 0.4) is 0 Å². The van der Waals surface area contributed by atoms with Crippen LogP contribution in [0.4, 0.5) is 5.95 Å². The number of nitrogens with zero attached hydrogens (tertiary/aromatic N) is 5. The Morgan fingerprint density at radius 3 is 3.05 bits per heavy atom. The lowest BCUT2D eigenvalue weighted by Gasteiger charge is -2.30. The van der Waals surface area contributed by atoms with E-state index < -0.39 is 0 Å². The van der Waals surface area contributed by atoms with Gasteiger partial charge in [-0.2, -0.15) is 10.1 Å². The van der Waals surface area contributed by atoms with Gasteiger partial charge in [-0.1, -0.05) is 0 Å². The largest absolute Gasteiger partial charge is 0.337 e. The zero-order valence-electron chi connectivity index (χ0n) is 12.2. The molecule has 0 spiro atoms. The van der Waals surface area contributed by atoms with Crippen molar-refractivity contribution in [3.05, 3.63) is 11.8 Å². The summed E-state index contributed by atoms with van der Waals surface area (Å²) in [5.41, 5.74) is 1.99. The summed E-state index contributed by atoms with van der Waals surface area (Å²) in [6, 6.07) is 2.50. The lowest BCUT2D eigenvalue weighted by atomic mass is 10.2. The standard InChI is InChI=1S/C13H21N7/c1-4-20-11(7-9(2)18-20)12-15-13(17-16-12)19-6-5-14-10(3)8-19/h7,10,14H,4-6,8H2,1-3H3,(H,15,16,17)/t10-/m1/s1. The van der Waals surface area contributed by atoms with Crippen molar-refractivity contribution in [1.82, 2.24) is 30.3 Å². The first-order valence-electron chi connectivity index (χ1n) is 7.13. The van der Waals surface area contributed by atoms with E-state index in [-0.39, 0.29) is 0 Å². The second-order valence-corrected chi connectivity index (χ2v) is 5.27. The van der Waals surface area contributed by atoms with Gasteiger partial charge >= 0.3 is 0 Å². The molecule has 20 heavy (non-hydrogen) atoms. The molecule has 0 amide bonds. The highest BCUT2D eigenvalue weighted by atomic mass is 15.4. The molecule has 1 aliphatic heterocycles. The molecule has 0 aromatic carbocycles. The number of aromatic amines is 1. The number of aromatic nitrogens is 5. The molecule has 3 rings (SSSR count). The number of hydrogen-bond acceptors (Lipinski definition) is 5. The molecule has 0 aliphatic carbocycles. The predicted octanol–water partition coefficient (Wildman–Crippen LogP) is 0.795. The average molecular weight is 275 g/mol. The highest BCUT2D eigenvalue weighted by molar-refractivity contribution is 5.52. The van der Waals surface area contributed by atoms with Gasteiger partial charge in [-0.3, -0.25) is 9.78 Å². The van der Waals surface area contributed by atoms with E-state index in [2.05, 4.69) is 44.3 Å². The summed E-state index contributed by atoms with van der Waals surface area (Å²) < 4.78 is 1.94. The molecular weight excluding hydrogens is 254 g/mol. The van der Waals surface area contributed by atoms with Crippen LogP contribution in [0.25, 0.3) is 11.5 Å². The molecule has 1 fully saturated rings. The normalized spacial score (nSPS) is 19.6. The molecule has 7 nitrogen and oxygen atoms in total. The van der Waals surface area contributed by atoms with Crippen LogP contribution < -0.4 is 10.2 Å². The third kappa shape index (κ3) is 2.40. The molecule has 0 bridgehead atoms. The first-order chi connectivity index (χ1) is 9.67. The van der Waals surface area contributed by atoms with Crippen molar-refractivity contribution in [2.24, 2.45) is 0 Å². The molecule has 0 unspecified atom stereocenters. The minimum atomic E-state index is 0.467. The SMILES string of the molecule is CCn1nc(C)cc1-c1nc(N2CCN[C@H](C)C2)n[nH]1. The van der Waals surface area contributed by atoms with Gasteiger partial charge in [0.2, 0.25) is 5.95 Å². The molecule has 2 N–H and O–H groups in total. The topological polar surface area (TPSA) is 74.7 Å². The Morgan fingerprint density at radius 1 is 1.45 bits per heavy atom. The van der Waals surface area contributed by atoms with Crippen molar-refractivity contribution in [1.29, 1.82) is 0 Å². The quantitative estimate of drug-likeness (QED) is 0.866. The lowest BCUT2D eigenvalue weighted by molar-refractivity contribution is 0.480. The van der Waals surface area contributed by atoms with Crippen molar-refractivity contribution in [2.75, 3.05) is 24.5 Å². The first-order valence-corrected chi connectivity index (χ1v) is 7.13. The Morgan fingerprint density at radius 2 is 2.30 bits per heavy atom. The van der Waals surface area contributed by atoms with Gasteiger partial charge in [0.05, 0.1) is 5.69 Å². The summed E-state index contributed by atoms with van der Waals surface area (Å²) in [6.45, 7) is 9.91. The molecule has 1 atom stereocenters. The fourth-order valence-electron chi connectivity index (χ4n) is 2.60. The smallest absolute Gasteiger partial charge is 0.245 e. The van der Waals surface area contributed by atoms with E-state index in [0.717, 1.165) is 49.3 Å². The van der Waals surface area contributed by atoms with Gasteiger partial charge < -0.3 is 10.2 Å². The van der Waals surface area contributed by atoms with E-state index >= 15 is 0 Å². The van der Waals surface area contributed by atoms with Crippen LogP contribution in [0.2, 0.25) is 0 Å². The van der Waals surface area contributed by atoms with Crippen LogP contribution >= 0.6 is 0 Å². The fraction of sp³-hybridized carbons (Fsp3) is 0.615. The van der Waals surface area contributed by atoms with E-state index in [9.17, 15) is 0 Å². The van der Waals surface area contributed by atoms with Crippen LogP contribution in [0, 0.1) is 6.92 Å². The zero-order chi connectivity index (χ0) is 14.1. The van der Waals surface area contributed by atoms with Crippen molar-refractivity contribution in [3.63, 3.8) is 0 Å². The third-order valence-corrected chi connectivity index (χ3v) is 3.57. The predicted molar refractivity (Wildman–Crippen MR) is 77.7 cm³/mol. The summed E-state index contributed by atoms with van der Waals surface area (Å²) in [5.74, 6) is 1.56. The summed E-state index contributed by atoms with van der Waals surface area (Å²) in [6.07, 6.45) is 0. The van der Waals surface area contributed by atoms with E-state index in [4.69, 9.17) is 0 Å². The molecule has 2 aromatic rings. The monoisotopic (exact) mass is 275 g/mol. The molecule has 108 valence electrons. The maximum atomic E-state index is 4.63. The van der Waals surface area contributed by atoms with Gasteiger partial charge in [0.15, 0.2) is 5.82 Å². The fourth-order valence-corrected chi connectivity index (χ4v) is 2.60. The van der Waals surface area contributed by atoms with Gasteiger partial charge in [0, 0.05) is 32.2 Å². The van der Waals surface area contributed by atoms with E-state index in [1.165, 1.54) is 0 Å². The summed E-state index contributed by atoms with van der Waals surface area (Å²) in [7, 11) is 0. The number of hydrogen-bond donors (Lipinski definition) is 2. The maximum Gasteiger partial charge on any atom is 0.245 e. The van der Waals surface area contributed by atoms with E-state index in [0.29, 0.717) is 6.04 Å². The Hall–Kier alpha value is -1.89. The third-order valence-electron chi connectivity index (χ3n) is 3.57. The van der Waals surface area contributed by atoms with Gasteiger partial charge in [-0.05, 0) is 26.8 Å². The van der Waals surface area contributed by atoms with Crippen molar-refractivity contribution in [2.45, 2.75) is 33.4 Å². The van der Waals surface area contributed by atoms with Crippen LogP contribution in [0.5, 0.6) is 0 Å². The summed E-state index contributed by atoms with van der Waals surface area (Å²) in [5, 5.41) is 15.3. The number of aryl methyl sites for hydroxylation is 2. The highest BCUT2D eigenvalue weighted by Crippen LogP contribution is 2.19. The zero-order valence-corrected chi connectivity index (χ0v) is 12.2. The van der Waals surface area contributed by atoms with E-state index in [1.807, 2.05) is 17.7 Å². The van der Waals surface area contributed by atoms with Crippen LogP contribution in [-0.4, -0.2) is 50.6 Å². The van der Waals surface area contributed by atoms with Crippen LogP contribution in [0.15, 0.2) is 6.07 Å². The Kier molecular flexibility index (Phi) is 3.43. The number of piperazine rings is 1. The molecular formula is C13H21N7. The second-order valence-electron chi connectivity index (χ2n) is 5.27. The number of nitrogens with one attached hydrogen (secondary N) is 2. The van der Waals surface area contributed by atoms with Crippen molar-refractivity contribution in [3.8, 4) is 11.5 Å². The number of rotatable bonds is 3. The molecule has 7 heteroatoms. The van der Waals surface area contributed by atoms with E-state index in [1.54, 1.807) is 0 Å². The van der Waals surface area contributed by atoms with Crippen LogP contribution in [-0.2, 0) is 6.54 Å². The Balaban J connectivity index is 1.86. The minimum absolute atomic E-state index is 0.467. The van der Waals surface area contributed by atoms with Gasteiger partial charge in [-0.15, -0.1) is 5.10 Å². The number of anilines is 1. The maximum absolute atomic E-state index is 4.63. The first kappa shape index (κ1) is 13.1. The van der Waals surface area contributed by atoms with Crippen molar-refractivity contribution < 1.29 is 0 Å². The van der Waals surface area contributed by atoms with Crippen molar-refractivity contribution >= 4 is 5.95 Å². The highest BCUT2D eigenvalue weighted by Gasteiger charge is 2.20. The molecule has 0 radical (unpaired) electrons. The number of H-pyrrole nitrogens is 1. The Labute approximate surface area is 118 Å². The molecule has 2 aromatic heterocycles. The minimum Gasteiger partial charge on any atom is -0.337 e. The van der Waals surface area contributed by atoms with Gasteiger partial charge in [0.25, 0.3) is 0 Å². The van der Waals surface area contributed by atoms with Gasteiger partial charge in [0.1, 0.15) is 5.69 Å². The van der Waals surface area contributed by atoms with Gasteiger partial charge in [-0.25, -0.2) is 0 Å². The summed E-state index contributed by atoms with van der Waals surface area (Å²) >= 11 is 0. The Bertz CT molecular complexity index is 585. The molecule has 1 aliphatic rings. The van der Waals surface area contributed by atoms with Crippen LogP contribution in [0.1, 0.15) is 19.5 Å². The molecule has 1 saturated heterocycles. The molecule has 3 heterocycles. The summed E-state index contributed by atoms with van der Waals surface area (Å²) in [4.78, 5) is 6.84. The average Bonchev–Trinajstić information content (AvgIpc) is 3.04. The lowest BCUT2D eigenvalue weighted by Crippen LogP contribution is -2.49. The molecule has 0 saturated carbocycles. The second kappa shape index (κ2) is 5.24.